The topological polar surface area (TPSA) is 43.4 Å². The van der Waals surface area contributed by atoms with Crippen LogP contribution in [-0.4, -0.2) is 18.4 Å². The van der Waals surface area contributed by atoms with Crippen LogP contribution >= 0.6 is 11.6 Å². The van der Waals surface area contributed by atoms with Gasteiger partial charge in [-0.15, -0.1) is 0 Å². The first-order valence-corrected chi connectivity index (χ1v) is 7.31. The van der Waals surface area contributed by atoms with Crippen LogP contribution in [0.15, 0.2) is 18.2 Å². The summed E-state index contributed by atoms with van der Waals surface area (Å²) in [6.45, 7) is 5.85. The van der Waals surface area contributed by atoms with Gasteiger partial charge in [-0.3, -0.25) is 9.59 Å². The second kappa shape index (κ2) is 8.05. The van der Waals surface area contributed by atoms with Crippen LogP contribution in [0.1, 0.15) is 37.8 Å². The summed E-state index contributed by atoms with van der Waals surface area (Å²) in [5.41, 5.74) is 1.85. The van der Waals surface area contributed by atoms with E-state index in [4.69, 9.17) is 16.3 Å². The minimum absolute atomic E-state index is 0.0670. The van der Waals surface area contributed by atoms with Gasteiger partial charge in [0.05, 0.1) is 6.61 Å². The molecule has 0 aliphatic rings. The third-order valence-electron chi connectivity index (χ3n) is 3.13. The fourth-order valence-electron chi connectivity index (χ4n) is 1.99. The minimum Gasteiger partial charge on any atom is -0.465 e. The summed E-state index contributed by atoms with van der Waals surface area (Å²) >= 11 is 6.08. The highest BCUT2D eigenvalue weighted by atomic mass is 35.5. The largest absolute Gasteiger partial charge is 0.465 e. The van der Waals surface area contributed by atoms with Crippen molar-refractivity contribution in [1.82, 2.24) is 0 Å². The van der Waals surface area contributed by atoms with Crippen molar-refractivity contribution in [2.24, 2.45) is 5.92 Å². The molecule has 110 valence electrons. The Bertz CT molecular complexity index is 465. The number of hydrogen-bond donors (Lipinski definition) is 0. The highest BCUT2D eigenvalue weighted by Crippen LogP contribution is 2.20. The van der Waals surface area contributed by atoms with Gasteiger partial charge in [0.15, 0.2) is 0 Å². The van der Waals surface area contributed by atoms with E-state index in [1.54, 1.807) is 6.92 Å². The normalized spacial score (nSPS) is 12.0. The summed E-state index contributed by atoms with van der Waals surface area (Å²) in [5.74, 6) is -1.24. The number of Topliss-reactive ketones (excluding diaryl/α,β-unsaturated/α-hetero) is 1. The molecule has 0 N–H and O–H groups in total. The zero-order chi connectivity index (χ0) is 15.1. The average Bonchev–Trinajstić information content (AvgIpc) is 2.40. The minimum atomic E-state index is -0.728. The van der Waals surface area contributed by atoms with Crippen molar-refractivity contribution >= 4 is 23.4 Å². The van der Waals surface area contributed by atoms with Gasteiger partial charge in [0.25, 0.3) is 0 Å². The molecule has 1 aromatic carbocycles. The first-order valence-electron chi connectivity index (χ1n) is 6.93. The van der Waals surface area contributed by atoms with Crippen LogP contribution in [0.5, 0.6) is 0 Å². The highest BCUT2D eigenvalue weighted by molar-refractivity contribution is 6.31. The van der Waals surface area contributed by atoms with Crippen LogP contribution in [0.3, 0.4) is 0 Å². The fourth-order valence-corrected chi connectivity index (χ4v) is 2.19. The number of esters is 1. The number of aryl methyl sites for hydroxylation is 1. The molecule has 0 fully saturated rings. The molecule has 0 aliphatic heterocycles. The zero-order valence-electron chi connectivity index (χ0n) is 12.2. The number of halogens is 1. The van der Waals surface area contributed by atoms with Crippen molar-refractivity contribution in [3.05, 3.63) is 34.3 Å². The van der Waals surface area contributed by atoms with Crippen molar-refractivity contribution in [3.8, 4) is 0 Å². The summed E-state index contributed by atoms with van der Waals surface area (Å²) in [6.07, 6.45) is 1.46. The van der Waals surface area contributed by atoms with E-state index in [2.05, 4.69) is 0 Å². The zero-order valence-corrected chi connectivity index (χ0v) is 13.0. The summed E-state index contributed by atoms with van der Waals surface area (Å²) in [4.78, 5) is 24.0. The maximum atomic E-state index is 12.1. The number of carbonyl (C=O) groups is 2. The first-order chi connectivity index (χ1) is 9.49. The van der Waals surface area contributed by atoms with Crippen LogP contribution in [0.4, 0.5) is 0 Å². The molecular formula is C16H21ClO3. The molecule has 0 bridgehead atoms. The molecular weight excluding hydrogens is 276 g/mol. The molecule has 0 aromatic heterocycles. The third-order valence-corrected chi connectivity index (χ3v) is 3.54. The molecule has 0 aliphatic carbocycles. The van der Waals surface area contributed by atoms with Gasteiger partial charge in [-0.25, -0.2) is 0 Å². The number of ketones is 1. The highest BCUT2D eigenvalue weighted by Gasteiger charge is 2.27. The summed E-state index contributed by atoms with van der Waals surface area (Å²) in [5, 5.41) is 0.646. The maximum Gasteiger partial charge on any atom is 0.316 e. The monoisotopic (exact) mass is 296 g/mol. The second-order valence-electron chi connectivity index (χ2n) is 4.81. The predicted molar refractivity (Wildman–Crippen MR) is 79.9 cm³/mol. The standard InChI is InChI=1S/C16H21ClO3/c1-4-6-15(18)13(16(19)20-5-2)9-12-8-7-11(3)14(17)10-12/h7-8,10,13H,4-6,9H2,1-3H3. The van der Waals surface area contributed by atoms with E-state index in [0.29, 0.717) is 17.9 Å². The van der Waals surface area contributed by atoms with Crippen molar-refractivity contribution in [2.45, 2.75) is 40.0 Å². The lowest BCUT2D eigenvalue weighted by molar-refractivity contribution is -0.151. The SMILES string of the molecule is CCCC(=O)C(Cc1ccc(C)c(Cl)c1)C(=O)OCC. The Hall–Kier alpha value is -1.35. The molecule has 1 unspecified atom stereocenters. The number of rotatable bonds is 7. The average molecular weight is 297 g/mol. The molecule has 3 nitrogen and oxygen atoms in total. The Balaban J connectivity index is 2.90. The Morgan fingerprint density at radius 1 is 1.30 bits per heavy atom. The molecule has 0 heterocycles. The lowest BCUT2D eigenvalue weighted by Crippen LogP contribution is -2.28. The molecule has 20 heavy (non-hydrogen) atoms. The van der Waals surface area contributed by atoms with E-state index in [-0.39, 0.29) is 12.4 Å². The van der Waals surface area contributed by atoms with E-state index in [9.17, 15) is 9.59 Å². The van der Waals surface area contributed by atoms with Crippen molar-refractivity contribution in [3.63, 3.8) is 0 Å². The van der Waals surface area contributed by atoms with Gasteiger partial charge in [0.2, 0.25) is 0 Å². The van der Waals surface area contributed by atoms with Crippen LogP contribution in [-0.2, 0) is 20.7 Å². The van der Waals surface area contributed by atoms with E-state index in [1.807, 2.05) is 32.0 Å². The first kappa shape index (κ1) is 16.7. The Morgan fingerprint density at radius 3 is 2.55 bits per heavy atom. The van der Waals surface area contributed by atoms with Gasteiger partial charge >= 0.3 is 5.97 Å². The van der Waals surface area contributed by atoms with E-state index in [1.165, 1.54) is 0 Å². The molecule has 1 atom stereocenters. The summed E-state index contributed by atoms with van der Waals surface area (Å²) in [6, 6.07) is 5.60. The summed E-state index contributed by atoms with van der Waals surface area (Å²) < 4.78 is 5.00. The number of ether oxygens (including phenoxy) is 1. The maximum absolute atomic E-state index is 12.1. The Kier molecular flexibility index (Phi) is 6.73. The molecule has 1 aromatic rings. The third kappa shape index (κ3) is 4.64. The molecule has 0 saturated carbocycles. The molecule has 4 heteroatoms. The van der Waals surface area contributed by atoms with E-state index < -0.39 is 11.9 Å². The van der Waals surface area contributed by atoms with Gasteiger partial charge in [-0.1, -0.05) is 30.7 Å². The quantitative estimate of drug-likeness (QED) is 0.569. The molecule has 0 spiro atoms. The molecule has 0 amide bonds. The van der Waals surface area contributed by atoms with Crippen LogP contribution in [0.2, 0.25) is 5.02 Å². The lowest BCUT2D eigenvalue weighted by Gasteiger charge is -2.15. The summed E-state index contributed by atoms with van der Waals surface area (Å²) in [7, 11) is 0. The smallest absolute Gasteiger partial charge is 0.316 e. The van der Waals surface area contributed by atoms with Gasteiger partial charge in [0, 0.05) is 11.4 Å². The van der Waals surface area contributed by atoms with Gasteiger partial charge in [-0.2, -0.15) is 0 Å². The Labute approximate surface area is 125 Å². The van der Waals surface area contributed by atoms with Crippen molar-refractivity contribution < 1.29 is 14.3 Å². The van der Waals surface area contributed by atoms with Crippen LogP contribution in [0.25, 0.3) is 0 Å². The van der Waals surface area contributed by atoms with Crippen LogP contribution < -0.4 is 0 Å². The fraction of sp³-hybridized carbons (Fsp3) is 0.500. The number of hydrogen-bond acceptors (Lipinski definition) is 3. The van der Waals surface area contributed by atoms with Crippen molar-refractivity contribution in [1.29, 1.82) is 0 Å². The van der Waals surface area contributed by atoms with Gasteiger partial charge in [-0.05, 0) is 43.9 Å². The van der Waals surface area contributed by atoms with E-state index >= 15 is 0 Å². The van der Waals surface area contributed by atoms with Crippen molar-refractivity contribution in [2.75, 3.05) is 6.61 Å². The second-order valence-corrected chi connectivity index (χ2v) is 5.22. The number of benzene rings is 1. The number of carbonyl (C=O) groups excluding carboxylic acids is 2. The van der Waals surface area contributed by atoms with Gasteiger partial charge < -0.3 is 4.74 Å². The Morgan fingerprint density at radius 2 is 2.00 bits per heavy atom. The van der Waals surface area contributed by atoms with E-state index in [0.717, 1.165) is 17.5 Å². The molecule has 0 radical (unpaired) electrons. The predicted octanol–water partition coefficient (Wildman–Crippen LogP) is 3.74. The van der Waals surface area contributed by atoms with Gasteiger partial charge in [0.1, 0.15) is 11.7 Å². The molecule has 0 saturated heterocycles. The lowest BCUT2D eigenvalue weighted by atomic mass is 9.92. The van der Waals surface area contributed by atoms with Crippen LogP contribution in [0, 0.1) is 12.8 Å². The molecule has 1 rings (SSSR count).